The van der Waals surface area contributed by atoms with Crippen molar-refractivity contribution in [2.24, 2.45) is 0 Å². The van der Waals surface area contributed by atoms with Crippen molar-refractivity contribution in [2.45, 2.75) is 302 Å². The highest BCUT2D eigenvalue weighted by Gasteiger charge is 2.26. The molecule has 0 aliphatic carbocycles. The molecule has 3 N–H and O–H groups in total. The number of hydrogen-bond donors (Lipinski definition) is 3. The van der Waals surface area contributed by atoms with Gasteiger partial charge >= 0.3 is 13.8 Å². The standard InChI is InChI=1S/C55H109O9P/c1-3-5-7-9-11-13-15-17-19-21-23-25-26-28-30-32-34-36-38-40-42-44-46-48-61-51-54(52-63-65(59,60)62-50-53(57)49-56)64-55(58)47-45-43-41-39-37-35-33-31-29-27-24-22-20-18-16-14-12-10-8-6-4-2/h22,24,53-54,56-57H,3-21,23,25-52H2,1-2H3,(H,59,60)/b24-22-. The zero-order valence-corrected chi connectivity index (χ0v) is 43.9. The third-order valence-corrected chi connectivity index (χ3v) is 13.7. The molecule has 0 radical (unpaired) electrons. The van der Waals surface area contributed by atoms with Crippen LogP contribution in [0.3, 0.4) is 0 Å². The molecular weight excluding hydrogens is 836 g/mol. The van der Waals surface area contributed by atoms with Crippen molar-refractivity contribution in [1.29, 1.82) is 0 Å². The van der Waals surface area contributed by atoms with Crippen molar-refractivity contribution < 1.29 is 43.0 Å². The molecule has 0 aromatic heterocycles. The van der Waals surface area contributed by atoms with Gasteiger partial charge in [-0.2, -0.15) is 0 Å². The number of hydrogen-bond acceptors (Lipinski definition) is 8. The van der Waals surface area contributed by atoms with Crippen molar-refractivity contribution in [1.82, 2.24) is 0 Å². The van der Waals surface area contributed by atoms with Crippen LogP contribution in [0.15, 0.2) is 12.2 Å². The molecule has 0 bridgehead atoms. The van der Waals surface area contributed by atoms with Crippen LogP contribution in [-0.2, 0) is 27.9 Å². The van der Waals surface area contributed by atoms with Crippen molar-refractivity contribution in [3.05, 3.63) is 12.2 Å². The van der Waals surface area contributed by atoms with Gasteiger partial charge in [0.25, 0.3) is 0 Å². The Kier molecular flexibility index (Phi) is 51.9. The zero-order chi connectivity index (χ0) is 47.4. The first-order valence-electron chi connectivity index (χ1n) is 28.2. The summed E-state index contributed by atoms with van der Waals surface area (Å²) in [6.07, 6.45) is 57.6. The first-order valence-corrected chi connectivity index (χ1v) is 29.7. The number of allylic oxidation sites excluding steroid dienone is 2. The monoisotopic (exact) mass is 945 g/mol. The summed E-state index contributed by atoms with van der Waals surface area (Å²) in [5.41, 5.74) is 0. The number of phosphoric acid groups is 1. The summed E-state index contributed by atoms with van der Waals surface area (Å²) in [5.74, 6) is -0.377. The summed E-state index contributed by atoms with van der Waals surface area (Å²) in [6, 6.07) is 0. The number of ether oxygens (including phenoxy) is 2. The Balaban J connectivity index is 3.98. The van der Waals surface area contributed by atoms with Gasteiger partial charge in [-0.05, 0) is 38.5 Å². The summed E-state index contributed by atoms with van der Waals surface area (Å²) in [6.45, 7) is 3.60. The fraction of sp³-hybridized carbons (Fsp3) is 0.945. The number of carbonyl (C=O) groups is 1. The lowest BCUT2D eigenvalue weighted by atomic mass is 10.0. The van der Waals surface area contributed by atoms with E-state index in [0.717, 1.165) is 32.1 Å². The van der Waals surface area contributed by atoms with Gasteiger partial charge in [-0.25, -0.2) is 4.57 Å². The topological polar surface area (TPSA) is 132 Å². The van der Waals surface area contributed by atoms with Gasteiger partial charge < -0.3 is 24.6 Å². The molecule has 0 aromatic rings. The zero-order valence-electron chi connectivity index (χ0n) is 43.0. The number of unbranched alkanes of at least 4 members (excludes halogenated alkanes) is 39. The van der Waals surface area contributed by atoms with Crippen LogP contribution in [-0.4, -0.2) is 66.3 Å². The predicted molar refractivity (Wildman–Crippen MR) is 275 cm³/mol. The van der Waals surface area contributed by atoms with Crippen molar-refractivity contribution in [2.75, 3.05) is 33.0 Å². The molecule has 65 heavy (non-hydrogen) atoms. The summed E-state index contributed by atoms with van der Waals surface area (Å²) in [5, 5.41) is 18.4. The molecule has 0 fully saturated rings. The maximum atomic E-state index is 12.7. The maximum absolute atomic E-state index is 12.7. The van der Waals surface area contributed by atoms with Gasteiger partial charge in [0, 0.05) is 13.0 Å². The van der Waals surface area contributed by atoms with Crippen LogP contribution in [0, 0.1) is 0 Å². The predicted octanol–water partition coefficient (Wildman–Crippen LogP) is 16.8. The summed E-state index contributed by atoms with van der Waals surface area (Å²) >= 11 is 0. The maximum Gasteiger partial charge on any atom is 0.472 e. The second kappa shape index (κ2) is 52.6. The van der Waals surface area contributed by atoms with Crippen LogP contribution in [0.5, 0.6) is 0 Å². The van der Waals surface area contributed by atoms with E-state index in [-0.39, 0.29) is 25.6 Å². The van der Waals surface area contributed by atoms with E-state index in [4.69, 9.17) is 23.6 Å². The number of rotatable bonds is 55. The molecule has 9 nitrogen and oxygen atoms in total. The van der Waals surface area contributed by atoms with E-state index in [1.165, 1.54) is 238 Å². The molecule has 0 aliphatic heterocycles. The van der Waals surface area contributed by atoms with Gasteiger partial charge in [-0.15, -0.1) is 0 Å². The molecule has 3 unspecified atom stereocenters. The highest BCUT2D eigenvalue weighted by Crippen LogP contribution is 2.43. The Morgan fingerprint density at radius 1 is 0.462 bits per heavy atom. The smallest absolute Gasteiger partial charge is 0.457 e. The number of carbonyl (C=O) groups excluding carboxylic acids is 1. The van der Waals surface area contributed by atoms with Crippen LogP contribution in [0.25, 0.3) is 0 Å². The van der Waals surface area contributed by atoms with E-state index >= 15 is 0 Å². The first kappa shape index (κ1) is 64.2. The lowest BCUT2D eigenvalue weighted by molar-refractivity contribution is -0.154. The van der Waals surface area contributed by atoms with E-state index in [0.29, 0.717) is 6.61 Å². The van der Waals surface area contributed by atoms with E-state index in [9.17, 15) is 19.4 Å². The molecule has 0 spiro atoms. The summed E-state index contributed by atoms with van der Waals surface area (Å²) in [4.78, 5) is 22.7. The van der Waals surface area contributed by atoms with Crippen LogP contribution in [0.4, 0.5) is 0 Å². The van der Waals surface area contributed by atoms with E-state index in [1.807, 2.05) is 0 Å². The minimum absolute atomic E-state index is 0.0555. The van der Waals surface area contributed by atoms with E-state index < -0.39 is 33.2 Å². The largest absolute Gasteiger partial charge is 0.472 e. The van der Waals surface area contributed by atoms with E-state index in [1.54, 1.807) is 0 Å². The van der Waals surface area contributed by atoms with Gasteiger partial charge in [-0.3, -0.25) is 13.8 Å². The second-order valence-corrected chi connectivity index (χ2v) is 20.8. The normalized spacial score (nSPS) is 13.7. The van der Waals surface area contributed by atoms with Gasteiger partial charge in [0.2, 0.25) is 0 Å². The highest BCUT2D eigenvalue weighted by atomic mass is 31.2. The third kappa shape index (κ3) is 52.4. The minimum atomic E-state index is -4.52. The fourth-order valence-electron chi connectivity index (χ4n) is 8.41. The quantitative estimate of drug-likeness (QED) is 0.0236. The molecule has 0 saturated carbocycles. The summed E-state index contributed by atoms with van der Waals surface area (Å²) < 4.78 is 33.6. The van der Waals surface area contributed by atoms with E-state index in [2.05, 4.69) is 26.0 Å². The molecule has 0 aliphatic rings. The average molecular weight is 945 g/mol. The summed E-state index contributed by atoms with van der Waals surface area (Å²) in [7, 11) is -4.52. The van der Waals surface area contributed by atoms with Crippen LogP contribution in [0.1, 0.15) is 290 Å². The van der Waals surface area contributed by atoms with Gasteiger partial charge in [0.15, 0.2) is 0 Å². The van der Waals surface area contributed by atoms with Crippen LogP contribution >= 0.6 is 7.82 Å². The van der Waals surface area contributed by atoms with Gasteiger partial charge in [-0.1, -0.05) is 257 Å². The number of aliphatic hydroxyl groups is 2. The Morgan fingerprint density at radius 2 is 0.785 bits per heavy atom. The molecule has 0 heterocycles. The molecule has 0 saturated heterocycles. The van der Waals surface area contributed by atoms with Crippen molar-refractivity contribution in [3.8, 4) is 0 Å². The second-order valence-electron chi connectivity index (χ2n) is 19.3. The third-order valence-electron chi connectivity index (χ3n) is 12.7. The molecule has 388 valence electrons. The minimum Gasteiger partial charge on any atom is -0.457 e. The van der Waals surface area contributed by atoms with Gasteiger partial charge in [0.05, 0.1) is 26.4 Å². The van der Waals surface area contributed by atoms with Gasteiger partial charge in [0.1, 0.15) is 12.2 Å². The van der Waals surface area contributed by atoms with Crippen molar-refractivity contribution >= 4 is 13.8 Å². The molecule has 3 atom stereocenters. The van der Waals surface area contributed by atoms with Crippen LogP contribution < -0.4 is 0 Å². The Hall–Kier alpha value is -0.800. The Bertz CT molecular complexity index is 1030. The molecular formula is C55H109O9P. The lowest BCUT2D eigenvalue weighted by Crippen LogP contribution is -2.29. The average Bonchev–Trinajstić information content (AvgIpc) is 3.30. The number of esters is 1. The first-order chi connectivity index (χ1) is 31.8. The Morgan fingerprint density at radius 3 is 1.15 bits per heavy atom. The Labute approximate surface area is 402 Å². The van der Waals surface area contributed by atoms with Crippen molar-refractivity contribution in [3.63, 3.8) is 0 Å². The number of aliphatic hydroxyl groups excluding tert-OH is 2. The molecule has 0 aromatic carbocycles. The fourth-order valence-corrected chi connectivity index (χ4v) is 9.20. The molecule has 10 heteroatoms. The lowest BCUT2D eigenvalue weighted by Gasteiger charge is -2.20. The SMILES string of the molecule is CCCCCCCCCC/C=C\CCCCCCCCCCCC(=O)OC(COCCCCCCCCCCCCCCCCCCCCCCCCC)COP(=O)(O)OCC(O)CO. The molecule has 0 amide bonds. The molecule has 0 rings (SSSR count). The number of phosphoric ester groups is 1. The van der Waals surface area contributed by atoms with Crippen LogP contribution in [0.2, 0.25) is 0 Å². The highest BCUT2D eigenvalue weighted by molar-refractivity contribution is 7.47.